The second-order valence-electron chi connectivity index (χ2n) is 7.92. The summed E-state index contributed by atoms with van der Waals surface area (Å²) in [5.74, 6) is 0.313. The fourth-order valence-electron chi connectivity index (χ4n) is 2.40. The van der Waals surface area contributed by atoms with Crippen molar-refractivity contribution in [3.63, 3.8) is 0 Å². The largest absolute Gasteiger partial charge is 0.507 e. The molecule has 0 aliphatic heterocycles. The normalized spacial score (nSPS) is 15.0. The minimum atomic E-state index is -2.89. The lowest BCUT2D eigenvalue weighted by molar-refractivity contribution is 0.422. The standard InChI is InChI=1S/C18H27O3P/c1-9-21-22(8,20)12-13-10-14(17(2,3)4)16(19)15(11-13)18(5,6)7/h1,10-11,19H,12H2,2-8H3. The third-order valence-electron chi connectivity index (χ3n) is 3.50. The Bertz CT molecular complexity index is 605. The van der Waals surface area contributed by atoms with Gasteiger partial charge in [0.1, 0.15) is 11.9 Å². The maximum absolute atomic E-state index is 12.4. The average molecular weight is 322 g/mol. The molecular formula is C18H27O3P. The van der Waals surface area contributed by atoms with E-state index in [2.05, 4.69) is 0 Å². The smallest absolute Gasteiger partial charge is 0.259 e. The number of hydrogen-bond acceptors (Lipinski definition) is 3. The Balaban J connectivity index is 3.49. The molecule has 1 aromatic carbocycles. The van der Waals surface area contributed by atoms with E-state index in [1.54, 1.807) is 0 Å². The highest BCUT2D eigenvalue weighted by Crippen LogP contribution is 2.48. The summed E-state index contributed by atoms with van der Waals surface area (Å²) >= 11 is 0. The second-order valence-corrected chi connectivity index (χ2v) is 10.4. The molecule has 0 spiro atoms. The number of benzene rings is 1. The summed E-state index contributed by atoms with van der Waals surface area (Å²) in [4.78, 5) is 0. The molecule has 1 N–H and O–H groups in total. The van der Waals surface area contributed by atoms with Gasteiger partial charge >= 0.3 is 0 Å². The molecule has 0 saturated carbocycles. The maximum atomic E-state index is 12.4. The van der Waals surface area contributed by atoms with Crippen molar-refractivity contribution in [2.24, 2.45) is 0 Å². The fraction of sp³-hybridized carbons (Fsp3) is 0.556. The highest BCUT2D eigenvalue weighted by molar-refractivity contribution is 7.57. The number of terminal acetylenes is 1. The third-order valence-corrected chi connectivity index (χ3v) is 4.93. The Kier molecular flexibility index (Phi) is 5.10. The SMILES string of the molecule is C#COP(C)(=O)Cc1cc(C(C)(C)C)c(O)c(C(C)(C)C)c1. The first-order chi connectivity index (χ1) is 9.78. The number of rotatable bonds is 3. The molecule has 1 atom stereocenters. The zero-order valence-corrected chi connectivity index (χ0v) is 15.5. The molecule has 0 heterocycles. The van der Waals surface area contributed by atoms with Gasteiger partial charge in [-0.25, -0.2) is 0 Å². The van der Waals surface area contributed by atoms with E-state index in [0.29, 0.717) is 5.75 Å². The molecule has 0 fully saturated rings. The summed E-state index contributed by atoms with van der Waals surface area (Å²) in [6.07, 6.45) is 7.38. The lowest BCUT2D eigenvalue weighted by Crippen LogP contribution is -2.18. The number of phenolic OH excluding ortho intramolecular Hbond substituents is 1. The minimum absolute atomic E-state index is 0.217. The lowest BCUT2D eigenvalue weighted by Gasteiger charge is -2.28. The molecule has 4 heteroatoms. The summed E-state index contributed by atoms with van der Waals surface area (Å²) in [5.41, 5.74) is 2.12. The summed E-state index contributed by atoms with van der Waals surface area (Å²) in [5, 5.41) is 10.7. The van der Waals surface area contributed by atoms with Gasteiger partial charge in [0.25, 0.3) is 7.37 Å². The molecule has 0 radical (unpaired) electrons. The lowest BCUT2D eigenvalue weighted by atomic mass is 9.78. The van der Waals surface area contributed by atoms with Crippen molar-refractivity contribution in [1.82, 2.24) is 0 Å². The Labute approximate surface area is 134 Å². The first-order valence-electron chi connectivity index (χ1n) is 7.35. The van der Waals surface area contributed by atoms with Gasteiger partial charge in [-0.2, -0.15) is 0 Å². The molecule has 0 amide bonds. The summed E-state index contributed by atoms with van der Waals surface area (Å²) < 4.78 is 17.3. The van der Waals surface area contributed by atoms with Crippen molar-refractivity contribution in [3.8, 4) is 18.3 Å². The van der Waals surface area contributed by atoms with Crippen LogP contribution in [0.5, 0.6) is 5.75 Å². The quantitative estimate of drug-likeness (QED) is 0.629. The van der Waals surface area contributed by atoms with E-state index >= 15 is 0 Å². The molecule has 3 nitrogen and oxygen atoms in total. The number of aromatic hydroxyl groups is 1. The van der Waals surface area contributed by atoms with Gasteiger partial charge in [-0.15, -0.1) is 0 Å². The molecule has 0 aromatic heterocycles. The first kappa shape index (κ1) is 18.7. The van der Waals surface area contributed by atoms with E-state index in [4.69, 9.17) is 10.9 Å². The second kappa shape index (κ2) is 6.01. The van der Waals surface area contributed by atoms with Gasteiger partial charge in [0.2, 0.25) is 0 Å². The fourth-order valence-corrected chi connectivity index (χ4v) is 3.54. The summed E-state index contributed by atoms with van der Waals surface area (Å²) in [6.45, 7) is 13.8. The number of hydrogen-bond donors (Lipinski definition) is 1. The van der Waals surface area contributed by atoms with Crippen LogP contribution in [0.15, 0.2) is 12.1 Å². The topological polar surface area (TPSA) is 46.5 Å². The molecule has 122 valence electrons. The van der Waals surface area contributed by atoms with Gasteiger partial charge in [-0.05, 0) is 27.5 Å². The summed E-state index contributed by atoms with van der Waals surface area (Å²) in [7, 11) is -2.89. The molecule has 1 unspecified atom stereocenters. The Morgan fingerprint density at radius 2 is 1.55 bits per heavy atom. The Hall–Kier alpha value is -1.39. The van der Waals surface area contributed by atoms with E-state index in [1.807, 2.05) is 59.8 Å². The molecule has 1 rings (SSSR count). The zero-order valence-electron chi connectivity index (χ0n) is 14.7. The molecule has 0 saturated heterocycles. The van der Waals surface area contributed by atoms with Crippen molar-refractivity contribution in [3.05, 3.63) is 28.8 Å². The Morgan fingerprint density at radius 3 is 1.86 bits per heavy atom. The van der Waals surface area contributed by atoms with Crippen LogP contribution in [0.4, 0.5) is 0 Å². The van der Waals surface area contributed by atoms with Gasteiger partial charge in [0.15, 0.2) is 0 Å². The van der Waals surface area contributed by atoms with Crippen LogP contribution in [-0.2, 0) is 26.1 Å². The van der Waals surface area contributed by atoms with Crippen LogP contribution in [0.3, 0.4) is 0 Å². The average Bonchev–Trinajstić information content (AvgIpc) is 2.27. The molecule has 1 aromatic rings. The first-order valence-corrected chi connectivity index (χ1v) is 9.61. The van der Waals surface area contributed by atoms with Crippen LogP contribution in [0.2, 0.25) is 0 Å². The number of phenols is 1. The van der Waals surface area contributed by atoms with Crippen molar-refractivity contribution in [2.75, 3.05) is 6.66 Å². The zero-order chi connectivity index (χ0) is 17.3. The molecule has 22 heavy (non-hydrogen) atoms. The van der Waals surface area contributed by atoms with Crippen molar-refractivity contribution >= 4 is 7.37 Å². The van der Waals surface area contributed by atoms with Gasteiger partial charge in [-0.3, -0.25) is 4.57 Å². The van der Waals surface area contributed by atoms with Crippen molar-refractivity contribution in [1.29, 1.82) is 0 Å². The van der Waals surface area contributed by atoms with E-state index < -0.39 is 7.37 Å². The van der Waals surface area contributed by atoms with Crippen LogP contribution >= 0.6 is 7.37 Å². The van der Waals surface area contributed by atoms with Crippen molar-refractivity contribution < 1.29 is 14.2 Å². The molecule has 0 aliphatic rings. The molecule has 0 aliphatic carbocycles. The van der Waals surface area contributed by atoms with E-state index in [9.17, 15) is 9.67 Å². The monoisotopic (exact) mass is 322 g/mol. The van der Waals surface area contributed by atoms with Crippen LogP contribution in [-0.4, -0.2) is 11.8 Å². The van der Waals surface area contributed by atoms with Crippen LogP contribution in [0, 0.1) is 12.5 Å². The van der Waals surface area contributed by atoms with Crippen LogP contribution in [0.1, 0.15) is 58.2 Å². The van der Waals surface area contributed by atoms with E-state index in [1.165, 1.54) is 6.66 Å². The van der Waals surface area contributed by atoms with E-state index in [-0.39, 0.29) is 17.0 Å². The maximum Gasteiger partial charge on any atom is 0.259 e. The molecular weight excluding hydrogens is 295 g/mol. The van der Waals surface area contributed by atoms with Gasteiger partial charge in [0, 0.05) is 6.66 Å². The van der Waals surface area contributed by atoms with Gasteiger partial charge in [0.05, 0.1) is 6.16 Å². The predicted octanol–water partition coefficient (Wildman–Crippen LogP) is 5.00. The van der Waals surface area contributed by atoms with Crippen molar-refractivity contribution in [2.45, 2.75) is 58.5 Å². The minimum Gasteiger partial charge on any atom is -0.507 e. The van der Waals surface area contributed by atoms with E-state index in [0.717, 1.165) is 16.7 Å². The molecule has 0 bridgehead atoms. The highest BCUT2D eigenvalue weighted by atomic mass is 31.2. The third kappa shape index (κ3) is 4.55. The summed E-state index contributed by atoms with van der Waals surface area (Å²) in [6, 6.07) is 3.81. The Morgan fingerprint density at radius 1 is 1.14 bits per heavy atom. The highest BCUT2D eigenvalue weighted by Gasteiger charge is 2.28. The van der Waals surface area contributed by atoms with Gasteiger partial charge in [-0.1, -0.05) is 60.1 Å². The predicted molar refractivity (Wildman–Crippen MR) is 92.7 cm³/mol. The van der Waals surface area contributed by atoms with Crippen LogP contribution < -0.4 is 0 Å². The van der Waals surface area contributed by atoms with Gasteiger partial charge < -0.3 is 9.63 Å². The van der Waals surface area contributed by atoms with Crippen LogP contribution in [0.25, 0.3) is 0 Å².